The molecule has 0 spiro atoms. The van der Waals surface area contributed by atoms with Crippen LogP contribution >= 0.6 is 12.4 Å². The Balaban J connectivity index is 0.00000128. The molecule has 0 saturated heterocycles. The zero-order valence-corrected chi connectivity index (χ0v) is 10.5. The molecule has 0 bridgehead atoms. The van der Waals surface area contributed by atoms with Crippen molar-refractivity contribution in [3.8, 4) is 11.5 Å². The third-order valence-electron chi connectivity index (χ3n) is 2.65. The number of nitrogens with one attached hydrogen (secondary N) is 1. The van der Waals surface area contributed by atoms with Crippen LogP contribution in [0.15, 0.2) is 18.2 Å². The molecule has 90 valence electrons. The lowest BCUT2D eigenvalue weighted by atomic mass is 10.2. The van der Waals surface area contributed by atoms with Crippen molar-refractivity contribution in [1.29, 1.82) is 0 Å². The summed E-state index contributed by atoms with van der Waals surface area (Å²) in [5.41, 5.74) is 1.16. The quantitative estimate of drug-likeness (QED) is 0.862. The second-order valence-corrected chi connectivity index (χ2v) is 3.83. The first-order valence-corrected chi connectivity index (χ1v) is 5.28. The lowest BCUT2D eigenvalue weighted by Crippen LogP contribution is -2.15. The van der Waals surface area contributed by atoms with Crippen molar-refractivity contribution in [2.75, 3.05) is 14.2 Å². The summed E-state index contributed by atoms with van der Waals surface area (Å²) in [6, 6.07) is 6.59. The Labute approximate surface area is 103 Å². The molecule has 1 aromatic carbocycles. The molecule has 1 fully saturated rings. The number of halogens is 1. The molecular formula is C12H18ClNO2. The van der Waals surface area contributed by atoms with E-state index in [4.69, 9.17) is 9.47 Å². The average molecular weight is 244 g/mol. The molecular weight excluding hydrogens is 226 g/mol. The minimum atomic E-state index is 0. The van der Waals surface area contributed by atoms with E-state index in [9.17, 15) is 0 Å². The summed E-state index contributed by atoms with van der Waals surface area (Å²) in [5.74, 6) is 1.80. The summed E-state index contributed by atoms with van der Waals surface area (Å²) in [4.78, 5) is 0. The molecule has 3 nitrogen and oxygen atoms in total. The fraction of sp³-hybridized carbons (Fsp3) is 0.500. The summed E-state index contributed by atoms with van der Waals surface area (Å²) >= 11 is 0. The van der Waals surface area contributed by atoms with Crippen molar-refractivity contribution in [2.24, 2.45) is 0 Å². The first kappa shape index (κ1) is 13.1. The minimum absolute atomic E-state index is 0. The lowest BCUT2D eigenvalue weighted by Gasteiger charge is -2.10. The number of hydrogen-bond acceptors (Lipinski definition) is 3. The van der Waals surface area contributed by atoms with E-state index in [0.29, 0.717) is 6.04 Å². The zero-order chi connectivity index (χ0) is 10.7. The summed E-state index contributed by atoms with van der Waals surface area (Å²) in [6.07, 6.45) is 2.60. The van der Waals surface area contributed by atoms with Crippen LogP contribution in [0.2, 0.25) is 0 Å². The Morgan fingerprint density at radius 2 is 2.00 bits per heavy atom. The monoisotopic (exact) mass is 243 g/mol. The largest absolute Gasteiger partial charge is 0.497 e. The second-order valence-electron chi connectivity index (χ2n) is 3.83. The van der Waals surface area contributed by atoms with Crippen molar-refractivity contribution in [3.63, 3.8) is 0 Å². The molecule has 2 rings (SSSR count). The van der Waals surface area contributed by atoms with Crippen molar-refractivity contribution in [1.82, 2.24) is 5.32 Å². The van der Waals surface area contributed by atoms with Crippen molar-refractivity contribution in [3.05, 3.63) is 23.8 Å². The number of hydrogen-bond donors (Lipinski definition) is 1. The first-order chi connectivity index (χ1) is 7.33. The number of ether oxygens (including phenoxy) is 2. The van der Waals surface area contributed by atoms with Gasteiger partial charge in [-0.2, -0.15) is 0 Å². The number of methoxy groups -OCH3 is 2. The molecule has 1 aliphatic rings. The van der Waals surface area contributed by atoms with E-state index in [-0.39, 0.29) is 12.4 Å². The minimum Gasteiger partial charge on any atom is -0.497 e. The van der Waals surface area contributed by atoms with E-state index >= 15 is 0 Å². The van der Waals surface area contributed by atoms with Crippen LogP contribution in [0.5, 0.6) is 11.5 Å². The topological polar surface area (TPSA) is 30.5 Å². The Kier molecular flexibility index (Phi) is 4.90. The maximum Gasteiger partial charge on any atom is 0.123 e. The molecule has 0 radical (unpaired) electrons. The molecule has 0 aliphatic heterocycles. The predicted molar refractivity (Wildman–Crippen MR) is 66.7 cm³/mol. The van der Waals surface area contributed by atoms with Crippen LogP contribution in [0.4, 0.5) is 0 Å². The standard InChI is InChI=1S/C12H17NO2.ClH/c1-14-11-5-6-12(15-2)9(7-11)8-13-10-3-4-10;/h5-7,10,13H,3-4,8H2,1-2H3;1H. The van der Waals surface area contributed by atoms with E-state index in [2.05, 4.69) is 5.32 Å². The fourth-order valence-electron chi connectivity index (χ4n) is 1.56. The van der Waals surface area contributed by atoms with Crippen LogP contribution in [0.1, 0.15) is 18.4 Å². The molecule has 1 aromatic rings. The molecule has 0 heterocycles. The molecule has 0 amide bonds. The van der Waals surface area contributed by atoms with Crippen molar-refractivity contribution in [2.45, 2.75) is 25.4 Å². The highest BCUT2D eigenvalue weighted by molar-refractivity contribution is 5.85. The smallest absolute Gasteiger partial charge is 0.123 e. The molecule has 4 heteroatoms. The van der Waals surface area contributed by atoms with E-state index in [1.165, 1.54) is 12.8 Å². The van der Waals surface area contributed by atoms with Gasteiger partial charge in [0.15, 0.2) is 0 Å². The van der Waals surface area contributed by atoms with Crippen LogP contribution in [-0.4, -0.2) is 20.3 Å². The van der Waals surface area contributed by atoms with Crippen LogP contribution in [0.3, 0.4) is 0 Å². The van der Waals surface area contributed by atoms with Crippen LogP contribution < -0.4 is 14.8 Å². The number of rotatable bonds is 5. The predicted octanol–water partition coefficient (Wildman–Crippen LogP) is 2.38. The van der Waals surface area contributed by atoms with Gasteiger partial charge in [0, 0.05) is 18.2 Å². The van der Waals surface area contributed by atoms with Crippen LogP contribution in [0, 0.1) is 0 Å². The molecule has 1 saturated carbocycles. The maximum absolute atomic E-state index is 5.30. The summed E-state index contributed by atoms with van der Waals surface area (Å²) in [7, 11) is 3.38. The van der Waals surface area contributed by atoms with E-state index in [0.717, 1.165) is 23.6 Å². The number of benzene rings is 1. The highest BCUT2D eigenvalue weighted by atomic mass is 35.5. The molecule has 1 N–H and O–H groups in total. The van der Waals surface area contributed by atoms with Gasteiger partial charge in [-0.15, -0.1) is 12.4 Å². The van der Waals surface area contributed by atoms with Gasteiger partial charge in [-0.25, -0.2) is 0 Å². The zero-order valence-electron chi connectivity index (χ0n) is 9.66. The van der Waals surface area contributed by atoms with E-state index < -0.39 is 0 Å². The SMILES string of the molecule is COc1ccc(OC)c(CNC2CC2)c1.Cl. The summed E-state index contributed by atoms with van der Waals surface area (Å²) in [6.45, 7) is 0.852. The first-order valence-electron chi connectivity index (χ1n) is 5.28. The van der Waals surface area contributed by atoms with Gasteiger partial charge in [-0.05, 0) is 31.0 Å². The van der Waals surface area contributed by atoms with Gasteiger partial charge in [0.05, 0.1) is 14.2 Å². The fourth-order valence-corrected chi connectivity index (χ4v) is 1.56. The molecule has 0 aromatic heterocycles. The third kappa shape index (κ3) is 3.29. The van der Waals surface area contributed by atoms with Gasteiger partial charge in [-0.1, -0.05) is 0 Å². The highest BCUT2D eigenvalue weighted by Gasteiger charge is 2.20. The second kappa shape index (κ2) is 5.97. The van der Waals surface area contributed by atoms with Gasteiger partial charge in [0.1, 0.15) is 11.5 Å². The maximum atomic E-state index is 5.30. The Morgan fingerprint density at radius 3 is 2.56 bits per heavy atom. The highest BCUT2D eigenvalue weighted by Crippen LogP contribution is 2.25. The average Bonchev–Trinajstić information content (AvgIpc) is 3.09. The van der Waals surface area contributed by atoms with Crippen LogP contribution in [0.25, 0.3) is 0 Å². The molecule has 0 unspecified atom stereocenters. The van der Waals surface area contributed by atoms with Crippen molar-refractivity contribution >= 4 is 12.4 Å². The van der Waals surface area contributed by atoms with Gasteiger partial charge < -0.3 is 14.8 Å². The molecule has 1 aliphatic carbocycles. The summed E-state index contributed by atoms with van der Waals surface area (Å²) in [5, 5.41) is 3.46. The van der Waals surface area contributed by atoms with Gasteiger partial charge in [-0.3, -0.25) is 0 Å². The van der Waals surface area contributed by atoms with Gasteiger partial charge >= 0.3 is 0 Å². The molecule has 16 heavy (non-hydrogen) atoms. The lowest BCUT2D eigenvalue weighted by molar-refractivity contribution is 0.397. The van der Waals surface area contributed by atoms with E-state index in [1.54, 1.807) is 14.2 Å². The Hall–Kier alpha value is -0.930. The van der Waals surface area contributed by atoms with Crippen LogP contribution in [-0.2, 0) is 6.54 Å². The Morgan fingerprint density at radius 1 is 1.25 bits per heavy atom. The third-order valence-corrected chi connectivity index (χ3v) is 2.65. The Bertz CT molecular complexity index is 340. The summed E-state index contributed by atoms with van der Waals surface area (Å²) < 4.78 is 10.5. The van der Waals surface area contributed by atoms with E-state index in [1.807, 2.05) is 18.2 Å². The normalized spacial score (nSPS) is 14.1. The van der Waals surface area contributed by atoms with Gasteiger partial charge in [0.25, 0.3) is 0 Å². The van der Waals surface area contributed by atoms with Gasteiger partial charge in [0.2, 0.25) is 0 Å². The molecule has 0 atom stereocenters. The van der Waals surface area contributed by atoms with Crippen molar-refractivity contribution < 1.29 is 9.47 Å².